The summed E-state index contributed by atoms with van der Waals surface area (Å²) in [5.41, 5.74) is 0.483. The number of carbonyl (C=O) groups excluding carboxylic acids is 1. The molecule has 7 nitrogen and oxygen atoms in total. The van der Waals surface area contributed by atoms with E-state index < -0.39 is 16.0 Å². The first-order valence-corrected chi connectivity index (χ1v) is 7.92. The maximum Gasteiger partial charge on any atom is 0.349 e. The molecule has 0 fully saturated rings. The van der Waals surface area contributed by atoms with Gasteiger partial charge in [0.15, 0.2) is 5.76 Å². The summed E-state index contributed by atoms with van der Waals surface area (Å²) < 4.78 is 33.0. The maximum absolute atomic E-state index is 11.7. The average molecular weight is 337 g/mol. The number of hydrogen-bond donors (Lipinski definition) is 1. The van der Waals surface area contributed by atoms with Crippen molar-refractivity contribution >= 4 is 38.9 Å². The number of hydrogen-bond acceptors (Lipinski definition) is 7. The van der Waals surface area contributed by atoms with Crippen molar-refractivity contribution in [3.8, 4) is 11.3 Å². The Morgan fingerprint density at radius 3 is 2.65 bits per heavy atom. The fourth-order valence-electron chi connectivity index (χ4n) is 1.55. The molecule has 0 aliphatic carbocycles. The molecule has 0 radical (unpaired) electrons. The lowest BCUT2D eigenvalue weighted by Crippen LogP contribution is -2.16. The second-order valence-corrected chi connectivity index (χ2v) is 6.51. The van der Waals surface area contributed by atoms with E-state index in [9.17, 15) is 13.2 Å². The highest BCUT2D eigenvalue weighted by Crippen LogP contribution is 2.39. The number of sulfonamides is 1. The van der Waals surface area contributed by atoms with Gasteiger partial charge in [0.1, 0.15) is 14.8 Å². The minimum atomic E-state index is -4.17. The predicted octanol–water partition coefficient (Wildman–Crippen LogP) is 1.80. The minimum absolute atomic E-state index is 0.0413. The Labute approximate surface area is 123 Å². The standard InChI is InChI=1S/C10H9ClN2O5S2/c1-4-6(11)7(18-13-4)5-3-19-8(10(14)17-2)9(5)20(12,15)16/h3H,1-2H3,(H2,12,15,16). The molecule has 0 atom stereocenters. The lowest BCUT2D eigenvalue weighted by atomic mass is 10.2. The number of carbonyl (C=O) groups is 1. The molecule has 0 aliphatic rings. The van der Waals surface area contributed by atoms with Crippen molar-refractivity contribution in [1.29, 1.82) is 0 Å². The highest BCUT2D eigenvalue weighted by Gasteiger charge is 2.30. The van der Waals surface area contributed by atoms with Crippen molar-refractivity contribution < 1.29 is 22.5 Å². The number of aromatic nitrogens is 1. The number of rotatable bonds is 3. The lowest BCUT2D eigenvalue weighted by Gasteiger charge is -2.02. The van der Waals surface area contributed by atoms with Crippen LogP contribution < -0.4 is 5.14 Å². The second-order valence-electron chi connectivity index (χ2n) is 3.76. The van der Waals surface area contributed by atoms with Crippen molar-refractivity contribution in [1.82, 2.24) is 5.16 Å². The van der Waals surface area contributed by atoms with E-state index in [1.807, 2.05) is 0 Å². The summed E-state index contributed by atoms with van der Waals surface area (Å²) in [4.78, 5) is 11.1. The molecule has 0 bridgehead atoms. The zero-order valence-corrected chi connectivity index (χ0v) is 12.7. The quantitative estimate of drug-likeness (QED) is 0.855. The van der Waals surface area contributed by atoms with Crippen LogP contribution in [0.1, 0.15) is 15.4 Å². The van der Waals surface area contributed by atoms with Gasteiger partial charge >= 0.3 is 5.97 Å². The third kappa shape index (κ3) is 2.44. The third-order valence-electron chi connectivity index (χ3n) is 2.44. The molecular weight excluding hydrogens is 328 g/mol. The largest absolute Gasteiger partial charge is 0.465 e. The Balaban J connectivity index is 2.76. The van der Waals surface area contributed by atoms with Gasteiger partial charge in [0.2, 0.25) is 10.0 Å². The van der Waals surface area contributed by atoms with E-state index in [1.54, 1.807) is 6.92 Å². The number of esters is 1. The van der Waals surface area contributed by atoms with Crippen molar-refractivity contribution in [2.24, 2.45) is 5.14 Å². The van der Waals surface area contributed by atoms with Gasteiger partial charge in [-0.25, -0.2) is 18.4 Å². The summed E-state index contributed by atoms with van der Waals surface area (Å²) in [7, 11) is -3.03. The molecule has 0 spiro atoms. The Morgan fingerprint density at radius 1 is 1.55 bits per heavy atom. The summed E-state index contributed by atoms with van der Waals surface area (Å²) in [6.45, 7) is 1.60. The highest BCUT2D eigenvalue weighted by molar-refractivity contribution is 7.89. The van der Waals surface area contributed by atoms with Gasteiger partial charge in [-0.05, 0) is 6.92 Å². The van der Waals surface area contributed by atoms with Crippen LogP contribution in [0.25, 0.3) is 11.3 Å². The molecule has 2 N–H and O–H groups in total. The monoisotopic (exact) mass is 336 g/mol. The van der Waals surface area contributed by atoms with Gasteiger partial charge in [0, 0.05) is 5.38 Å². The van der Waals surface area contributed by atoms with Crippen LogP contribution in [0, 0.1) is 6.92 Å². The number of primary sulfonamides is 1. The number of ether oxygens (including phenoxy) is 1. The van der Waals surface area contributed by atoms with Crippen LogP contribution in [0.15, 0.2) is 14.8 Å². The molecule has 2 heterocycles. The van der Waals surface area contributed by atoms with E-state index in [0.717, 1.165) is 18.4 Å². The Hall–Kier alpha value is -1.42. The summed E-state index contributed by atoms with van der Waals surface area (Å²) in [6, 6.07) is 0. The fraction of sp³-hybridized carbons (Fsp3) is 0.200. The van der Waals surface area contributed by atoms with Crippen LogP contribution in [0.3, 0.4) is 0 Å². The van der Waals surface area contributed by atoms with Crippen LogP contribution in [0.2, 0.25) is 5.02 Å². The molecule has 0 saturated heterocycles. The number of methoxy groups -OCH3 is 1. The smallest absolute Gasteiger partial charge is 0.349 e. The minimum Gasteiger partial charge on any atom is -0.465 e. The molecule has 10 heteroatoms. The molecule has 2 rings (SSSR count). The molecule has 0 unspecified atom stereocenters. The van der Waals surface area contributed by atoms with Crippen LogP contribution in [0.4, 0.5) is 0 Å². The molecule has 0 amide bonds. The lowest BCUT2D eigenvalue weighted by molar-refractivity contribution is 0.0602. The Kier molecular flexibility index (Phi) is 3.87. The van der Waals surface area contributed by atoms with Gasteiger partial charge in [-0.1, -0.05) is 16.8 Å². The number of halogens is 1. The predicted molar refractivity (Wildman–Crippen MR) is 72.3 cm³/mol. The van der Waals surface area contributed by atoms with Crippen LogP contribution in [-0.2, 0) is 14.8 Å². The first-order chi connectivity index (χ1) is 9.27. The molecular formula is C10H9ClN2O5S2. The summed E-state index contributed by atoms with van der Waals surface area (Å²) in [5.74, 6) is -0.766. The van der Waals surface area contributed by atoms with Gasteiger partial charge < -0.3 is 9.26 Å². The van der Waals surface area contributed by atoms with Crippen molar-refractivity contribution in [3.63, 3.8) is 0 Å². The van der Waals surface area contributed by atoms with E-state index in [-0.39, 0.29) is 26.1 Å². The van der Waals surface area contributed by atoms with Crippen molar-refractivity contribution in [2.75, 3.05) is 7.11 Å². The molecule has 0 aromatic carbocycles. The van der Waals surface area contributed by atoms with Crippen LogP contribution in [-0.4, -0.2) is 26.7 Å². The zero-order valence-electron chi connectivity index (χ0n) is 10.3. The number of nitrogens with two attached hydrogens (primary N) is 1. The first-order valence-electron chi connectivity index (χ1n) is 5.12. The van der Waals surface area contributed by atoms with Crippen molar-refractivity contribution in [2.45, 2.75) is 11.8 Å². The van der Waals surface area contributed by atoms with Crippen LogP contribution in [0.5, 0.6) is 0 Å². The summed E-state index contributed by atoms with van der Waals surface area (Å²) >= 11 is 6.85. The Bertz CT molecular complexity index is 778. The highest BCUT2D eigenvalue weighted by atomic mass is 35.5. The summed E-state index contributed by atoms with van der Waals surface area (Å²) in [5, 5.41) is 10.3. The molecule has 0 aliphatic heterocycles. The van der Waals surface area contributed by atoms with Gasteiger partial charge in [0.25, 0.3) is 0 Å². The van der Waals surface area contributed by atoms with E-state index in [1.165, 1.54) is 5.38 Å². The van der Waals surface area contributed by atoms with Gasteiger partial charge in [-0.15, -0.1) is 11.3 Å². The van der Waals surface area contributed by atoms with E-state index in [0.29, 0.717) is 5.69 Å². The van der Waals surface area contributed by atoms with E-state index >= 15 is 0 Å². The second kappa shape index (κ2) is 5.17. The van der Waals surface area contributed by atoms with Gasteiger partial charge in [-0.2, -0.15) is 0 Å². The molecule has 20 heavy (non-hydrogen) atoms. The zero-order chi connectivity index (χ0) is 15.1. The van der Waals surface area contributed by atoms with Crippen molar-refractivity contribution in [3.05, 3.63) is 21.0 Å². The number of aryl methyl sites for hydroxylation is 1. The maximum atomic E-state index is 11.7. The average Bonchev–Trinajstić information content (AvgIpc) is 2.93. The number of thiophene rings is 1. The SMILES string of the molecule is COC(=O)c1scc(-c2onc(C)c2Cl)c1S(N)(=O)=O. The molecule has 0 saturated carbocycles. The molecule has 2 aromatic rings. The van der Waals surface area contributed by atoms with E-state index in [2.05, 4.69) is 9.89 Å². The normalized spacial score (nSPS) is 11.6. The Morgan fingerprint density at radius 2 is 2.20 bits per heavy atom. The third-order valence-corrected chi connectivity index (χ3v) is 4.96. The van der Waals surface area contributed by atoms with E-state index in [4.69, 9.17) is 21.3 Å². The fourth-order valence-corrected chi connectivity index (χ4v) is 3.94. The topological polar surface area (TPSA) is 112 Å². The molecule has 2 aromatic heterocycles. The van der Waals surface area contributed by atoms with Crippen LogP contribution >= 0.6 is 22.9 Å². The molecule has 108 valence electrons. The number of nitrogens with zero attached hydrogens (tertiary/aromatic N) is 1. The van der Waals surface area contributed by atoms with Gasteiger partial charge in [0.05, 0.1) is 18.4 Å². The first kappa shape index (κ1) is 15.0. The van der Waals surface area contributed by atoms with Gasteiger partial charge in [-0.3, -0.25) is 0 Å². The summed E-state index contributed by atoms with van der Waals surface area (Å²) in [6.07, 6.45) is 0.